The van der Waals surface area contributed by atoms with Gasteiger partial charge in [-0.1, -0.05) is 11.8 Å². The molecule has 0 saturated carbocycles. The minimum Gasteiger partial charge on any atom is -0.467 e. The lowest BCUT2D eigenvalue weighted by Crippen LogP contribution is -2.41. The number of rotatable bonds is 6. The maximum Gasteiger partial charge on any atom is 0.326 e. The zero-order chi connectivity index (χ0) is 16.7. The molecule has 2 N–H and O–H groups in total. The molecule has 0 atom stereocenters. The van der Waals surface area contributed by atoms with Gasteiger partial charge in [-0.3, -0.25) is 19.7 Å². The monoisotopic (exact) mass is 341 g/mol. The summed E-state index contributed by atoms with van der Waals surface area (Å²) in [7, 11) is 0. The van der Waals surface area contributed by atoms with E-state index in [0.29, 0.717) is 18.1 Å². The fourth-order valence-corrected chi connectivity index (χ4v) is 2.53. The molecule has 10 heteroatoms. The second-order valence-corrected chi connectivity index (χ2v) is 5.55. The average molecular weight is 341 g/mol. The zero-order valence-electron chi connectivity index (χ0n) is 12.1. The molecule has 4 amide bonds. The molecule has 124 valence electrons. The Morgan fingerprint density at radius 2 is 2.22 bits per heavy atom. The first kappa shape index (κ1) is 16.9. The Morgan fingerprint density at radius 1 is 1.39 bits per heavy atom. The van der Waals surface area contributed by atoms with Crippen molar-refractivity contribution < 1.29 is 28.3 Å². The molecule has 23 heavy (non-hydrogen) atoms. The Balaban J connectivity index is 1.61. The number of furan rings is 1. The number of nitrogens with zero attached hydrogens (tertiary/aromatic N) is 1. The number of ether oxygens (including phenoxy) is 1. The largest absolute Gasteiger partial charge is 0.467 e. The number of thioether (sulfide) groups is 1. The SMILES string of the molecule is O=C(COC(=O)CN1CCSC1=O)NC(=O)NCc1ccco1. The van der Waals surface area contributed by atoms with Gasteiger partial charge >= 0.3 is 12.0 Å². The maximum absolute atomic E-state index is 11.5. The first-order valence-electron chi connectivity index (χ1n) is 6.72. The van der Waals surface area contributed by atoms with Crippen LogP contribution in [0.2, 0.25) is 0 Å². The normalized spacial score (nSPS) is 13.7. The topological polar surface area (TPSA) is 118 Å². The lowest BCUT2D eigenvalue weighted by molar-refractivity contribution is -0.148. The molecule has 0 bridgehead atoms. The van der Waals surface area contributed by atoms with Gasteiger partial charge in [0, 0.05) is 12.3 Å². The molecule has 0 unspecified atom stereocenters. The van der Waals surface area contributed by atoms with Gasteiger partial charge in [0.15, 0.2) is 6.61 Å². The Bertz CT molecular complexity index is 589. The van der Waals surface area contributed by atoms with Crippen LogP contribution in [0.5, 0.6) is 0 Å². The third-order valence-corrected chi connectivity index (χ3v) is 3.68. The van der Waals surface area contributed by atoms with Crippen LogP contribution in [0.4, 0.5) is 9.59 Å². The van der Waals surface area contributed by atoms with E-state index in [1.54, 1.807) is 12.1 Å². The van der Waals surface area contributed by atoms with Gasteiger partial charge in [-0.15, -0.1) is 0 Å². The van der Waals surface area contributed by atoms with E-state index in [2.05, 4.69) is 5.32 Å². The molecule has 0 spiro atoms. The van der Waals surface area contributed by atoms with Crippen molar-refractivity contribution in [3.63, 3.8) is 0 Å². The van der Waals surface area contributed by atoms with Crippen LogP contribution < -0.4 is 10.6 Å². The summed E-state index contributed by atoms with van der Waals surface area (Å²) in [5, 5.41) is 4.22. The summed E-state index contributed by atoms with van der Waals surface area (Å²) < 4.78 is 9.72. The fourth-order valence-electron chi connectivity index (χ4n) is 1.70. The number of hydrogen-bond donors (Lipinski definition) is 2. The van der Waals surface area contributed by atoms with Gasteiger partial charge in [-0.2, -0.15) is 0 Å². The molecule has 0 aromatic carbocycles. The maximum atomic E-state index is 11.5. The van der Waals surface area contributed by atoms with Crippen LogP contribution in [-0.4, -0.2) is 53.5 Å². The molecular formula is C13H15N3O6S. The number of imide groups is 1. The summed E-state index contributed by atoms with van der Waals surface area (Å²) in [5.41, 5.74) is 0. The van der Waals surface area contributed by atoms with Crippen molar-refractivity contribution in [2.75, 3.05) is 25.4 Å². The number of hydrogen-bond acceptors (Lipinski definition) is 7. The second-order valence-electron chi connectivity index (χ2n) is 4.51. The van der Waals surface area contributed by atoms with E-state index in [9.17, 15) is 19.2 Å². The van der Waals surface area contributed by atoms with Crippen molar-refractivity contribution in [2.24, 2.45) is 0 Å². The van der Waals surface area contributed by atoms with Gasteiger partial charge in [0.2, 0.25) is 0 Å². The minimum absolute atomic E-state index is 0.126. The summed E-state index contributed by atoms with van der Waals surface area (Å²) in [4.78, 5) is 47.0. The highest BCUT2D eigenvalue weighted by molar-refractivity contribution is 8.13. The van der Waals surface area contributed by atoms with Gasteiger partial charge < -0.3 is 19.4 Å². The highest BCUT2D eigenvalue weighted by Crippen LogP contribution is 2.16. The molecule has 1 aliphatic heterocycles. The Labute approximate surface area is 135 Å². The molecule has 2 heterocycles. The van der Waals surface area contributed by atoms with Crippen molar-refractivity contribution in [1.82, 2.24) is 15.5 Å². The predicted octanol–water partition coefficient (Wildman–Crippen LogP) is 0.317. The fraction of sp³-hybridized carbons (Fsp3) is 0.385. The van der Waals surface area contributed by atoms with Gasteiger partial charge in [-0.05, 0) is 12.1 Å². The molecule has 2 rings (SSSR count). The Kier molecular flexibility index (Phi) is 6.03. The van der Waals surface area contributed by atoms with Crippen molar-refractivity contribution in [1.29, 1.82) is 0 Å². The first-order chi connectivity index (χ1) is 11.0. The molecule has 1 aromatic heterocycles. The van der Waals surface area contributed by atoms with Crippen LogP contribution in [0.1, 0.15) is 5.76 Å². The van der Waals surface area contributed by atoms with Crippen molar-refractivity contribution >= 4 is 34.9 Å². The van der Waals surface area contributed by atoms with Crippen molar-refractivity contribution in [2.45, 2.75) is 6.54 Å². The van der Waals surface area contributed by atoms with Crippen LogP contribution in [0.15, 0.2) is 22.8 Å². The molecule has 9 nitrogen and oxygen atoms in total. The molecular weight excluding hydrogens is 326 g/mol. The number of esters is 1. The summed E-state index contributed by atoms with van der Waals surface area (Å²) in [6, 6.07) is 2.61. The molecule has 1 aromatic rings. The standard InChI is InChI=1S/C13H15N3O6S/c17-10(15-12(19)14-6-9-2-1-4-21-9)8-22-11(18)7-16-3-5-23-13(16)20/h1-2,4H,3,5-8H2,(H2,14,15,17,19). The number of carbonyl (C=O) groups is 4. The third-order valence-electron chi connectivity index (χ3n) is 2.79. The van der Waals surface area contributed by atoms with Crippen LogP contribution >= 0.6 is 11.8 Å². The number of urea groups is 1. The molecule has 0 radical (unpaired) electrons. The summed E-state index contributed by atoms with van der Waals surface area (Å²) in [6.45, 7) is -0.202. The van der Waals surface area contributed by atoms with E-state index in [1.807, 2.05) is 5.32 Å². The van der Waals surface area contributed by atoms with E-state index in [4.69, 9.17) is 9.15 Å². The highest BCUT2D eigenvalue weighted by atomic mass is 32.2. The van der Waals surface area contributed by atoms with Crippen LogP contribution in [0.3, 0.4) is 0 Å². The van der Waals surface area contributed by atoms with E-state index >= 15 is 0 Å². The van der Waals surface area contributed by atoms with Gasteiger partial charge in [0.25, 0.3) is 11.1 Å². The van der Waals surface area contributed by atoms with E-state index in [-0.39, 0.29) is 18.3 Å². The quantitative estimate of drug-likeness (QED) is 0.715. The highest BCUT2D eigenvalue weighted by Gasteiger charge is 2.24. The number of carbonyl (C=O) groups excluding carboxylic acids is 4. The Hall–Kier alpha value is -2.49. The average Bonchev–Trinajstić information content (AvgIpc) is 3.16. The van der Waals surface area contributed by atoms with Gasteiger partial charge in [0.05, 0.1) is 12.8 Å². The lowest BCUT2D eigenvalue weighted by Gasteiger charge is -2.13. The summed E-state index contributed by atoms with van der Waals surface area (Å²) >= 11 is 1.12. The first-order valence-corrected chi connectivity index (χ1v) is 7.70. The third kappa shape index (κ3) is 5.66. The van der Waals surface area contributed by atoms with Crippen LogP contribution in [0, 0.1) is 0 Å². The lowest BCUT2D eigenvalue weighted by atomic mass is 10.4. The van der Waals surface area contributed by atoms with Crippen LogP contribution in [0.25, 0.3) is 0 Å². The van der Waals surface area contributed by atoms with E-state index < -0.39 is 24.5 Å². The molecule has 1 saturated heterocycles. The summed E-state index contributed by atoms with van der Waals surface area (Å²) in [5.74, 6) is -0.306. The van der Waals surface area contributed by atoms with Crippen LogP contribution in [-0.2, 0) is 20.9 Å². The molecule has 1 aliphatic rings. The second kappa shape index (κ2) is 8.22. The van der Waals surface area contributed by atoms with Gasteiger partial charge in [0.1, 0.15) is 12.3 Å². The zero-order valence-corrected chi connectivity index (χ0v) is 12.9. The smallest absolute Gasteiger partial charge is 0.326 e. The summed E-state index contributed by atoms with van der Waals surface area (Å²) in [6.07, 6.45) is 1.46. The minimum atomic E-state index is -0.766. The van der Waals surface area contributed by atoms with E-state index in [0.717, 1.165) is 11.8 Å². The number of amides is 4. The van der Waals surface area contributed by atoms with Crippen molar-refractivity contribution in [3.05, 3.63) is 24.2 Å². The Morgan fingerprint density at radius 3 is 2.87 bits per heavy atom. The van der Waals surface area contributed by atoms with Crippen molar-refractivity contribution in [3.8, 4) is 0 Å². The predicted molar refractivity (Wildman–Crippen MR) is 79.5 cm³/mol. The number of nitrogens with one attached hydrogen (secondary N) is 2. The van der Waals surface area contributed by atoms with Gasteiger partial charge in [-0.25, -0.2) is 4.79 Å². The molecule has 1 fully saturated rings. The molecule has 0 aliphatic carbocycles. The van der Waals surface area contributed by atoms with E-state index in [1.165, 1.54) is 11.2 Å².